The quantitative estimate of drug-likeness (QED) is 0.772. The molecule has 86 valence electrons. The highest BCUT2D eigenvalue weighted by Gasteiger charge is 2.14. The summed E-state index contributed by atoms with van der Waals surface area (Å²) in [6, 6.07) is 0. The van der Waals surface area contributed by atoms with Gasteiger partial charge in [-0.15, -0.1) is 0 Å². The number of fused-ring (bicyclic) bond motifs is 1. The summed E-state index contributed by atoms with van der Waals surface area (Å²) in [7, 11) is 3.27. The van der Waals surface area contributed by atoms with Crippen LogP contribution >= 0.6 is 0 Å². The minimum atomic E-state index is -0.283. The van der Waals surface area contributed by atoms with Crippen LogP contribution < -0.4 is 11.1 Å². The fraction of sp³-hybridized carbons (Fsp3) is 0.500. The Bertz CT molecular complexity index is 647. The summed E-state index contributed by atoms with van der Waals surface area (Å²) in [5, 5.41) is 2.47. The highest BCUT2D eigenvalue weighted by atomic mass is 16.2. The Labute approximate surface area is 91.5 Å². The summed E-state index contributed by atoms with van der Waals surface area (Å²) < 4.78 is 2.85. The van der Waals surface area contributed by atoms with E-state index in [1.165, 1.54) is 7.05 Å². The fourth-order valence-electron chi connectivity index (χ4n) is 1.82. The van der Waals surface area contributed by atoms with Gasteiger partial charge in [0.25, 0.3) is 11.1 Å². The van der Waals surface area contributed by atoms with E-state index in [-0.39, 0.29) is 16.6 Å². The Balaban J connectivity index is 2.91. The molecule has 0 spiro atoms. The zero-order valence-corrected chi connectivity index (χ0v) is 9.57. The average molecular weight is 222 g/mol. The molecule has 2 heterocycles. The van der Waals surface area contributed by atoms with E-state index in [0.717, 1.165) is 23.3 Å². The lowest BCUT2D eigenvalue weighted by Gasteiger charge is -1.99. The van der Waals surface area contributed by atoms with E-state index in [4.69, 9.17) is 0 Å². The Hall–Kier alpha value is -1.85. The van der Waals surface area contributed by atoms with Gasteiger partial charge in [-0.2, -0.15) is 0 Å². The monoisotopic (exact) mass is 222 g/mol. The Kier molecular flexibility index (Phi) is 2.41. The molecule has 0 radical (unpaired) electrons. The van der Waals surface area contributed by atoms with Gasteiger partial charge in [-0.3, -0.25) is 19.4 Å². The third-order valence-corrected chi connectivity index (χ3v) is 2.65. The van der Waals surface area contributed by atoms with Crippen LogP contribution in [0, 0.1) is 0 Å². The highest BCUT2D eigenvalue weighted by Crippen LogP contribution is 2.07. The number of rotatable bonds is 2. The van der Waals surface area contributed by atoms with Crippen LogP contribution in [-0.4, -0.2) is 19.3 Å². The van der Waals surface area contributed by atoms with Gasteiger partial charge in [0.05, 0.1) is 0 Å². The first-order valence-corrected chi connectivity index (χ1v) is 5.20. The normalized spacial score (nSPS) is 11.2. The van der Waals surface area contributed by atoms with Crippen LogP contribution in [-0.2, 0) is 20.5 Å². The maximum atomic E-state index is 11.8. The molecule has 6 heteroatoms. The molecule has 0 bridgehead atoms. The molecular formula is C10H14N4O2. The van der Waals surface area contributed by atoms with Gasteiger partial charge in [-0.25, -0.2) is 4.98 Å². The summed E-state index contributed by atoms with van der Waals surface area (Å²) in [6.07, 6.45) is 1.68. The van der Waals surface area contributed by atoms with E-state index in [1.807, 2.05) is 6.92 Å². The molecule has 0 saturated heterocycles. The lowest BCUT2D eigenvalue weighted by Crippen LogP contribution is -2.28. The van der Waals surface area contributed by atoms with Gasteiger partial charge in [0, 0.05) is 20.5 Å². The van der Waals surface area contributed by atoms with Crippen molar-refractivity contribution in [3.05, 3.63) is 26.5 Å². The number of imidazole rings is 1. The van der Waals surface area contributed by atoms with Crippen molar-refractivity contribution in [1.82, 2.24) is 19.3 Å². The topological polar surface area (TPSA) is 72.7 Å². The molecule has 16 heavy (non-hydrogen) atoms. The Morgan fingerprint density at radius 3 is 2.62 bits per heavy atom. The number of hydrogen-bond donors (Lipinski definition) is 1. The van der Waals surface area contributed by atoms with E-state index in [2.05, 4.69) is 10.1 Å². The van der Waals surface area contributed by atoms with Gasteiger partial charge in [0.2, 0.25) is 0 Å². The first-order chi connectivity index (χ1) is 7.56. The molecule has 2 aromatic rings. The SMILES string of the molecule is CCCc1nc2c(=O)n(C)[nH]c(=O)c2n1C. The highest BCUT2D eigenvalue weighted by molar-refractivity contribution is 5.73. The van der Waals surface area contributed by atoms with Crippen molar-refractivity contribution in [3.8, 4) is 0 Å². The zero-order valence-electron chi connectivity index (χ0n) is 9.57. The Morgan fingerprint density at radius 2 is 2.00 bits per heavy atom. The molecule has 0 aromatic carbocycles. The average Bonchev–Trinajstić information content (AvgIpc) is 2.55. The predicted octanol–water partition coefficient (Wildman–Crippen LogP) is -0.0872. The number of aromatic nitrogens is 4. The van der Waals surface area contributed by atoms with E-state index >= 15 is 0 Å². The third kappa shape index (κ3) is 1.37. The maximum Gasteiger partial charge on any atom is 0.293 e. The van der Waals surface area contributed by atoms with E-state index in [9.17, 15) is 9.59 Å². The summed E-state index contributed by atoms with van der Waals surface area (Å²) in [6.45, 7) is 2.03. The molecule has 0 unspecified atom stereocenters. The number of nitrogens with one attached hydrogen (secondary N) is 1. The van der Waals surface area contributed by atoms with Crippen molar-refractivity contribution < 1.29 is 0 Å². The molecule has 0 aliphatic carbocycles. The van der Waals surface area contributed by atoms with Crippen molar-refractivity contribution in [3.63, 3.8) is 0 Å². The molecule has 0 aliphatic heterocycles. The van der Waals surface area contributed by atoms with Crippen LogP contribution in [0.2, 0.25) is 0 Å². The third-order valence-electron chi connectivity index (χ3n) is 2.65. The maximum absolute atomic E-state index is 11.8. The van der Waals surface area contributed by atoms with Gasteiger partial charge in [-0.05, 0) is 6.42 Å². The number of H-pyrrole nitrogens is 1. The van der Waals surface area contributed by atoms with Crippen molar-refractivity contribution >= 4 is 11.0 Å². The van der Waals surface area contributed by atoms with Crippen LogP contribution in [0.15, 0.2) is 9.59 Å². The largest absolute Gasteiger partial charge is 0.326 e. The van der Waals surface area contributed by atoms with Crippen LogP contribution in [0.1, 0.15) is 19.2 Å². The molecule has 2 rings (SSSR count). The minimum Gasteiger partial charge on any atom is -0.326 e. The molecule has 0 amide bonds. The Morgan fingerprint density at radius 1 is 1.31 bits per heavy atom. The predicted molar refractivity (Wildman–Crippen MR) is 60.6 cm³/mol. The molecule has 0 saturated carbocycles. The number of nitrogens with zero attached hydrogens (tertiary/aromatic N) is 3. The summed E-state index contributed by atoms with van der Waals surface area (Å²) in [5.74, 6) is 0.770. The molecule has 0 aliphatic rings. The number of aromatic amines is 1. The number of hydrogen-bond acceptors (Lipinski definition) is 3. The van der Waals surface area contributed by atoms with Gasteiger partial charge < -0.3 is 4.57 Å². The summed E-state index contributed by atoms with van der Waals surface area (Å²) in [4.78, 5) is 27.7. The van der Waals surface area contributed by atoms with E-state index < -0.39 is 0 Å². The zero-order chi connectivity index (χ0) is 11.9. The standard InChI is InChI=1S/C10H14N4O2/c1-4-5-6-11-7-8(13(6)2)9(15)12-14(3)10(7)16/h4-5H2,1-3H3,(H,12,15). The summed E-state index contributed by atoms with van der Waals surface area (Å²) in [5.41, 5.74) is 0.0470. The van der Waals surface area contributed by atoms with E-state index in [1.54, 1.807) is 11.6 Å². The van der Waals surface area contributed by atoms with Crippen LogP contribution in [0.5, 0.6) is 0 Å². The van der Waals surface area contributed by atoms with Gasteiger partial charge in [0.1, 0.15) is 11.3 Å². The van der Waals surface area contributed by atoms with Crippen molar-refractivity contribution in [1.29, 1.82) is 0 Å². The fourth-order valence-corrected chi connectivity index (χ4v) is 1.82. The summed E-state index contributed by atoms with van der Waals surface area (Å²) >= 11 is 0. The first-order valence-electron chi connectivity index (χ1n) is 5.20. The molecule has 1 N–H and O–H groups in total. The lowest BCUT2D eigenvalue weighted by molar-refractivity contribution is 0.699. The van der Waals surface area contributed by atoms with E-state index in [0.29, 0.717) is 5.52 Å². The van der Waals surface area contributed by atoms with Crippen LogP contribution in [0.4, 0.5) is 0 Å². The lowest BCUT2D eigenvalue weighted by atomic mass is 10.3. The van der Waals surface area contributed by atoms with Crippen molar-refractivity contribution in [2.75, 3.05) is 0 Å². The van der Waals surface area contributed by atoms with Gasteiger partial charge in [-0.1, -0.05) is 6.92 Å². The van der Waals surface area contributed by atoms with Crippen molar-refractivity contribution in [2.45, 2.75) is 19.8 Å². The second-order valence-corrected chi connectivity index (χ2v) is 3.84. The second kappa shape index (κ2) is 3.62. The molecule has 0 atom stereocenters. The second-order valence-electron chi connectivity index (χ2n) is 3.84. The first kappa shape index (κ1) is 10.7. The van der Waals surface area contributed by atoms with Crippen LogP contribution in [0.25, 0.3) is 11.0 Å². The van der Waals surface area contributed by atoms with Gasteiger partial charge >= 0.3 is 0 Å². The molecule has 6 nitrogen and oxygen atoms in total. The molecule has 0 fully saturated rings. The minimum absolute atomic E-state index is 0.247. The molecule has 2 aromatic heterocycles. The van der Waals surface area contributed by atoms with Crippen LogP contribution in [0.3, 0.4) is 0 Å². The van der Waals surface area contributed by atoms with Gasteiger partial charge in [0.15, 0.2) is 5.52 Å². The number of aryl methyl sites for hydroxylation is 3. The molecular weight excluding hydrogens is 208 g/mol. The smallest absolute Gasteiger partial charge is 0.293 e. The van der Waals surface area contributed by atoms with Crippen molar-refractivity contribution in [2.24, 2.45) is 14.1 Å².